The first kappa shape index (κ1) is 29.4. The number of benzene rings is 1. The summed E-state index contributed by atoms with van der Waals surface area (Å²) in [5.41, 5.74) is 1.76. The molecule has 0 amide bonds. The summed E-state index contributed by atoms with van der Waals surface area (Å²) in [6, 6.07) is 3.78. The Kier molecular flexibility index (Phi) is 11.3. The molecule has 0 saturated heterocycles. The molecule has 0 fully saturated rings. The molecule has 0 aliphatic rings. The summed E-state index contributed by atoms with van der Waals surface area (Å²) < 4.78 is 46.5. The van der Waals surface area contributed by atoms with Gasteiger partial charge in [-0.15, -0.1) is 0 Å². The average Bonchev–Trinajstić information content (AvgIpc) is 2.62. The summed E-state index contributed by atoms with van der Waals surface area (Å²) >= 11 is 0. The molecule has 5 nitrogen and oxygen atoms in total. The molecule has 0 aromatic heterocycles. The molecule has 8 heteroatoms. The van der Waals surface area contributed by atoms with Crippen LogP contribution in [-0.2, 0) is 24.7 Å². The van der Waals surface area contributed by atoms with E-state index in [0.717, 1.165) is 11.1 Å². The van der Waals surface area contributed by atoms with E-state index in [0.29, 0.717) is 17.4 Å². The highest BCUT2D eigenvalue weighted by molar-refractivity contribution is 7.32. The van der Waals surface area contributed by atoms with Crippen molar-refractivity contribution in [3.63, 3.8) is 0 Å². The van der Waals surface area contributed by atoms with Crippen LogP contribution in [0.2, 0.25) is 0 Å². The van der Waals surface area contributed by atoms with Gasteiger partial charge in [0.1, 0.15) is 5.75 Å². The molecule has 1 rings (SSSR count). The molecule has 1 aromatic carbocycles. The zero-order chi connectivity index (χ0) is 24.6. The third-order valence-electron chi connectivity index (χ3n) is 4.41. The number of halogens is 2. The quantitative estimate of drug-likeness (QED) is 0.362. The van der Waals surface area contributed by atoms with Gasteiger partial charge in [0.05, 0.1) is 7.11 Å². The average molecular weight is 463 g/mol. The van der Waals surface area contributed by atoms with Crippen molar-refractivity contribution in [2.75, 3.05) is 7.11 Å². The smallest absolute Gasteiger partial charge is 0.426 e. The van der Waals surface area contributed by atoms with Crippen LogP contribution < -0.4 is 4.74 Å². The number of carbonyl (C=O) groups is 1. The fourth-order valence-corrected chi connectivity index (χ4v) is 2.74. The van der Waals surface area contributed by atoms with Gasteiger partial charge in [0.15, 0.2) is 0 Å². The zero-order valence-electron chi connectivity index (χ0n) is 20.1. The Morgan fingerprint density at radius 1 is 1.06 bits per heavy atom. The van der Waals surface area contributed by atoms with Crippen LogP contribution in [0.4, 0.5) is 8.78 Å². The van der Waals surface area contributed by atoms with Crippen molar-refractivity contribution in [2.45, 2.75) is 85.2 Å². The Hall–Kier alpha value is -1.56. The molecule has 0 bridgehead atoms. The fraction of sp³-hybridized carbons (Fsp3) is 0.609. The van der Waals surface area contributed by atoms with Gasteiger partial charge in [0.2, 0.25) is 0 Å². The molecule has 0 spiro atoms. The largest absolute Gasteiger partial charge is 0.496 e. The summed E-state index contributed by atoms with van der Waals surface area (Å²) in [5.74, 6) is -1.25. The van der Waals surface area contributed by atoms with Crippen molar-refractivity contribution < 1.29 is 32.3 Å². The molecular formula is C23H37F2O5P. The summed E-state index contributed by atoms with van der Waals surface area (Å²) in [6.45, 7) is 16.4. The van der Waals surface area contributed by atoms with E-state index in [9.17, 15) is 18.1 Å². The molecular weight excluding hydrogens is 425 g/mol. The number of methoxy groups -OCH3 is 1. The minimum Gasteiger partial charge on any atom is -0.496 e. The van der Waals surface area contributed by atoms with E-state index >= 15 is 0 Å². The first-order valence-electron chi connectivity index (χ1n) is 10.3. The second-order valence-electron chi connectivity index (χ2n) is 9.23. The third-order valence-corrected chi connectivity index (χ3v) is 4.84. The van der Waals surface area contributed by atoms with Crippen molar-refractivity contribution in [3.05, 3.63) is 34.9 Å². The Balaban J connectivity index is 0.00000206. The topological polar surface area (TPSA) is 72.8 Å². The van der Waals surface area contributed by atoms with Gasteiger partial charge in [0, 0.05) is 11.1 Å². The molecule has 1 unspecified atom stereocenters. The normalized spacial score (nSPS) is 13.5. The summed E-state index contributed by atoms with van der Waals surface area (Å²) in [4.78, 5) is 20.2. The van der Waals surface area contributed by atoms with Gasteiger partial charge in [-0.3, -0.25) is 9.36 Å². The predicted octanol–water partition coefficient (Wildman–Crippen LogP) is 6.67. The van der Waals surface area contributed by atoms with Crippen molar-refractivity contribution in [3.8, 4) is 5.75 Å². The second kappa shape index (κ2) is 11.9. The number of carbonyl (C=O) groups excluding carboxylic acids is 1. The molecule has 0 saturated carbocycles. The van der Waals surface area contributed by atoms with Crippen molar-refractivity contribution in [2.24, 2.45) is 0 Å². The van der Waals surface area contributed by atoms with Crippen molar-refractivity contribution in [1.82, 2.24) is 0 Å². The van der Waals surface area contributed by atoms with E-state index < -0.39 is 20.1 Å². The fourth-order valence-electron chi connectivity index (χ4n) is 2.42. The Morgan fingerprint density at radius 2 is 1.58 bits per heavy atom. The maximum atomic E-state index is 13.5. The van der Waals surface area contributed by atoms with Crippen molar-refractivity contribution >= 4 is 20.1 Å². The summed E-state index contributed by atoms with van der Waals surface area (Å²) in [5, 5.41) is 0. The molecule has 178 valence electrons. The van der Waals surface area contributed by atoms with Crippen LogP contribution in [0.1, 0.15) is 84.9 Å². The highest BCUT2D eigenvalue weighted by atomic mass is 31.1. The number of rotatable bonds is 7. The highest BCUT2D eigenvalue weighted by Crippen LogP contribution is 2.39. The number of ether oxygens (including phenoxy) is 1. The van der Waals surface area contributed by atoms with Crippen LogP contribution in [0.3, 0.4) is 0 Å². The number of hydrogen-bond donors (Lipinski definition) is 1. The van der Waals surface area contributed by atoms with E-state index in [4.69, 9.17) is 9.63 Å². The van der Waals surface area contributed by atoms with Gasteiger partial charge < -0.3 is 9.63 Å². The summed E-state index contributed by atoms with van der Waals surface area (Å²) in [7, 11) is -2.49. The van der Waals surface area contributed by atoms with Crippen LogP contribution in [0.25, 0.3) is 6.08 Å². The van der Waals surface area contributed by atoms with Gasteiger partial charge in [-0.25, -0.2) is 4.52 Å². The van der Waals surface area contributed by atoms with Gasteiger partial charge in [-0.1, -0.05) is 74.3 Å². The Labute approximate surface area is 185 Å². The van der Waals surface area contributed by atoms with Gasteiger partial charge in [-0.05, 0) is 34.6 Å². The molecule has 1 N–H and O–H groups in total. The SMILES string of the molecule is CCCC.COc1c(/C=C/C(=O)C(F)(F)O[PH](=O)O)cc(C(C)(C)C)cc1C(C)(C)C. The first-order valence-corrected chi connectivity index (χ1v) is 11.5. The Morgan fingerprint density at radius 3 is 1.94 bits per heavy atom. The molecule has 31 heavy (non-hydrogen) atoms. The monoisotopic (exact) mass is 462 g/mol. The van der Waals surface area contributed by atoms with Crippen molar-refractivity contribution in [1.29, 1.82) is 0 Å². The molecule has 0 aliphatic carbocycles. The number of alkyl halides is 2. The standard InChI is InChI=1S/C19H27F2O5P.C4H10/c1-17(2,3)13-10-12(16(25-7)14(11-13)18(4,5)6)8-9-15(22)19(20,21)26-27(23)24;1-3-4-2/h8-11,27H,1-7H3,(H,23,24);3-4H2,1-2H3/b9-8+;. The molecule has 1 atom stereocenters. The minimum absolute atomic E-state index is 0.220. The number of unbranched alkanes of at least 4 members (excludes halogenated alkanes) is 1. The van der Waals surface area contributed by atoms with Crippen LogP contribution in [0.15, 0.2) is 18.2 Å². The third kappa shape index (κ3) is 9.63. The molecule has 0 heterocycles. The van der Waals surface area contributed by atoms with E-state index in [1.165, 1.54) is 26.0 Å². The van der Waals surface area contributed by atoms with E-state index in [1.807, 2.05) is 47.6 Å². The second-order valence-corrected chi connectivity index (χ2v) is 9.96. The molecule has 0 aliphatic heterocycles. The van der Waals surface area contributed by atoms with E-state index in [-0.39, 0.29) is 10.8 Å². The molecule has 1 aromatic rings. The Bertz CT molecular complexity index is 788. The maximum Gasteiger partial charge on any atom is 0.426 e. The van der Waals surface area contributed by atoms with Crippen LogP contribution in [0.5, 0.6) is 5.75 Å². The minimum atomic E-state index is -4.37. The van der Waals surface area contributed by atoms with E-state index in [2.05, 4.69) is 18.4 Å². The lowest BCUT2D eigenvalue weighted by molar-refractivity contribution is -0.185. The number of ketones is 1. The zero-order valence-corrected chi connectivity index (χ0v) is 21.1. The van der Waals surface area contributed by atoms with Gasteiger partial charge in [-0.2, -0.15) is 8.78 Å². The highest BCUT2D eigenvalue weighted by Gasteiger charge is 2.40. The van der Waals surface area contributed by atoms with E-state index in [1.54, 1.807) is 6.07 Å². The number of hydrogen-bond acceptors (Lipinski definition) is 4. The lowest BCUT2D eigenvalue weighted by Crippen LogP contribution is -2.27. The molecule has 0 radical (unpaired) electrons. The predicted molar refractivity (Wildman–Crippen MR) is 122 cm³/mol. The van der Waals surface area contributed by atoms with Crippen LogP contribution >= 0.6 is 8.25 Å². The van der Waals surface area contributed by atoms with Crippen LogP contribution in [0, 0.1) is 0 Å². The van der Waals surface area contributed by atoms with Gasteiger partial charge >= 0.3 is 14.4 Å². The first-order chi connectivity index (χ1) is 14.0. The lowest BCUT2D eigenvalue weighted by atomic mass is 9.79. The van der Waals surface area contributed by atoms with Crippen LogP contribution in [-0.4, -0.2) is 23.9 Å². The summed E-state index contributed by atoms with van der Waals surface area (Å²) in [6.07, 6.45) is 0.0993. The van der Waals surface area contributed by atoms with Gasteiger partial charge in [0.25, 0.3) is 5.78 Å². The maximum absolute atomic E-state index is 13.5. The lowest BCUT2D eigenvalue weighted by Gasteiger charge is -2.28.